The van der Waals surface area contributed by atoms with E-state index >= 15 is 0 Å². The highest BCUT2D eigenvalue weighted by atomic mass is 16.6. The van der Waals surface area contributed by atoms with Crippen molar-refractivity contribution in [3.05, 3.63) is 84.7 Å². The highest BCUT2D eigenvalue weighted by Crippen LogP contribution is 2.10. The summed E-state index contributed by atoms with van der Waals surface area (Å²) in [5.74, 6) is 0.277. The van der Waals surface area contributed by atoms with E-state index in [9.17, 15) is 9.59 Å². The summed E-state index contributed by atoms with van der Waals surface area (Å²) in [4.78, 5) is 23.7. The second-order valence-corrected chi connectivity index (χ2v) is 5.52. The van der Waals surface area contributed by atoms with Crippen molar-refractivity contribution < 1.29 is 14.3 Å². The third-order valence-electron chi connectivity index (χ3n) is 3.67. The fraction of sp³-hybridized carbons (Fsp3) is 0.100. The van der Waals surface area contributed by atoms with Crippen molar-refractivity contribution in [2.24, 2.45) is 0 Å². The van der Waals surface area contributed by atoms with E-state index in [0.717, 1.165) is 5.69 Å². The van der Waals surface area contributed by atoms with E-state index in [0.29, 0.717) is 17.9 Å². The van der Waals surface area contributed by atoms with Crippen molar-refractivity contribution in [1.29, 1.82) is 0 Å². The predicted molar refractivity (Wildman–Crippen MR) is 98.6 cm³/mol. The lowest BCUT2D eigenvalue weighted by atomic mass is 10.2. The van der Waals surface area contributed by atoms with Gasteiger partial charge in [0.2, 0.25) is 0 Å². The van der Waals surface area contributed by atoms with Crippen LogP contribution < -0.4 is 15.4 Å². The van der Waals surface area contributed by atoms with Gasteiger partial charge in [0.15, 0.2) is 0 Å². The van der Waals surface area contributed by atoms with Crippen molar-refractivity contribution in [3.63, 3.8) is 0 Å². The standard InChI is InChI=1S/C20H19N3O3/c24-19(16-8-10-17(11-9-16)23-14-4-5-15-23)21-12-13-22-20(25)26-18-6-2-1-3-7-18/h1-11,14-15H,12-13H2,(H,21,24)(H,22,25). The van der Waals surface area contributed by atoms with Crippen LogP contribution in [0.5, 0.6) is 5.75 Å². The van der Waals surface area contributed by atoms with Crippen LogP contribution in [0.2, 0.25) is 0 Å². The molecule has 1 heterocycles. The molecule has 26 heavy (non-hydrogen) atoms. The number of ether oxygens (including phenoxy) is 1. The van der Waals surface area contributed by atoms with Crippen molar-refractivity contribution in [2.75, 3.05) is 13.1 Å². The van der Waals surface area contributed by atoms with Crippen molar-refractivity contribution in [3.8, 4) is 11.4 Å². The number of nitrogens with zero attached hydrogens (tertiary/aromatic N) is 1. The molecule has 3 aromatic rings. The molecule has 6 nitrogen and oxygen atoms in total. The SMILES string of the molecule is O=C(NCCNC(=O)c1ccc(-n2cccc2)cc1)Oc1ccccc1. The van der Waals surface area contributed by atoms with Gasteiger partial charge in [-0.25, -0.2) is 4.79 Å². The molecular weight excluding hydrogens is 330 g/mol. The Balaban J connectivity index is 1.40. The molecule has 2 N–H and O–H groups in total. The Hall–Kier alpha value is -3.54. The van der Waals surface area contributed by atoms with Crippen LogP contribution in [0.25, 0.3) is 5.69 Å². The lowest BCUT2D eigenvalue weighted by Gasteiger charge is -2.08. The van der Waals surface area contributed by atoms with Crippen LogP contribution in [0.4, 0.5) is 4.79 Å². The van der Waals surface area contributed by atoms with Gasteiger partial charge in [-0.05, 0) is 48.5 Å². The van der Waals surface area contributed by atoms with Crippen LogP contribution in [-0.4, -0.2) is 29.7 Å². The van der Waals surface area contributed by atoms with Gasteiger partial charge in [0, 0.05) is 36.7 Å². The number of hydrogen-bond donors (Lipinski definition) is 2. The lowest BCUT2D eigenvalue weighted by molar-refractivity contribution is 0.0953. The first kappa shape index (κ1) is 17.3. The molecule has 0 aliphatic carbocycles. The maximum absolute atomic E-state index is 12.1. The molecule has 0 aliphatic rings. The summed E-state index contributed by atoms with van der Waals surface area (Å²) < 4.78 is 7.05. The third kappa shape index (κ3) is 4.73. The monoisotopic (exact) mass is 349 g/mol. The van der Waals surface area contributed by atoms with Gasteiger partial charge in [-0.2, -0.15) is 0 Å². The topological polar surface area (TPSA) is 72.4 Å². The Bertz CT molecular complexity index is 844. The Labute approximate surface area is 151 Å². The van der Waals surface area contributed by atoms with E-state index < -0.39 is 6.09 Å². The van der Waals surface area contributed by atoms with Crippen molar-refractivity contribution >= 4 is 12.0 Å². The molecule has 6 heteroatoms. The lowest BCUT2D eigenvalue weighted by Crippen LogP contribution is -2.36. The Morgan fingerprint density at radius 1 is 0.808 bits per heavy atom. The minimum atomic E-state index is -0.554. The molecule has 0 spiro atoms. The minimum Gasteiger partial charge on any atom is -0.410 e. The van der Waals surface area contributed by atoms with E-state index in [1.54, 1.807) is 36.4 Å². The largest absolute Gasteiger partial charge is 0.412 e. The molecule has 2 amide bonds. The number of carbonyl (C=O) groups excluding carboxylic acids is 2. The molecule has 0 radical (unpaired) electrons. The molecular formula is C20H19N3O3. The van der Waals surface area contributed by atoms with Crippen molar-refractivity contribution in [2.45, 2.75) is 0 Å². The van der Waals surface area contributed by atoms with Crippen LogP contribution in [-0.2, 0) is 0 Å². The van der Waals surface area contributed by atoms with Crippen LogP contribution in [0.1, 0.15) is 10.4 Å². The molecule has 0 unspecified atom stereocenters. The summed E-state index contributed by atoms with van der Waals surface area (Å²) >= 11 is 0. The average Bonchev–Trinajstić information content (AvgIpc) is 3.21. The van der Waals surface area contributed by atoms with Gasteiger partial charge in [-0.3, -0.25) is 4.79 Å². The van der Waals surface area contributed by atoms with Crippen LogP contribution >= 0.6 is 0 Å². The average molecular weight is 349 g/mol. The smallest absolute Gasteiger partial charge is 0.410 e. The maximum atomic E-state index is 12.1. The highest BCUT2D eigenvalue weighted by molar-refractivity contribution is 5.94. The quantitative estimate of drug-likeness (QED) is 0.672. The second-order valence-electron chi connectivity index (χ2n) is 5.52. The zero-order valence-electron chi connectivity index (χ0n) is 14.1. The van der Waals surface area contributed by atoms with Crippen LogP contribution in [0.3, 0.4) is 0 Å². The molecule has 0 bridgehead atoms. The number of rotatable bonds is 6. The Morgan fingerprint density at radius 2 is 1.46 bits per heavy atom. The number of benzene rings is 2. The van der Waals surface area contributed by atoms with Gasteiger partial charge in [0.1, 0.15) is 5.75 Å². The number of amides is 2. The first-order valence-corrected chi connectivity index (χ1v) is 8.25. The summed E-state index contributed by atoms with van der Waals surface area (Å²) in [7, 11) is 0. The first-order valence-electron chi connectivity index (χ1n) is 8.25. The van der Waals surface area contributed by atoms with E-state index in [4.69, 9.17) is 4.74 Å². The fourth-order valence-electron chi connectivity index (χ4n) is 2.37. The summed E-state index contributed by atoms with van der Waals surface area (Å²) in [6.07, 6.45) is 3.33. The normalized spacial score (nSPS) is 10.2. The molecule has 1 aromatic heterocycles. The molecule has 2 aromatic carbocycles. The summed E-state index contributed by atoms with van der Waals surface area (Å²) in [6, 6.07) is 20.0. The maximum Gasteiger partial charge on any atom is 0.412 e. The second kappa shape index (κ2) is 8.53. The molecule has 0 atom stereocenters. The van der Waals surface area contributed by atoms with Gasteiger partial charge < -0.3 is 19.9 Å². The molecule has 132 valence electrons. The van der Waals surface area contributed by atoms with Gasteiger partial charge in [-0.1, -0.05) is 18.2 Å². The number of para-hydroxylation sites is 1. The number of carbonyl (C=O) groups is 2. The number of nitrogens with one attached hydrogen (secondary N) is 2. The van der Waals surface area contributed by atoms with Crippen molar-refractivity contribution in [1.82, 2.24) is 15.2 Å². The van der Waals surface area contributed by atoms with Crippen LogP contribution in [0.15, 0.2) is 79.1 Å². The summed E-state index contributed by atoms with van der Waals surface area (Å²) in [5.41, 5.74) is 1.55. The van der Waals surface area contributed by atoms with E-state index in [1.807, 2.05) is 47.3 Å². The fourth-order valence-corrected chi connectivity index (χ4v) is 2.37. The molecule has 3 rings (SSSR count). The van der Waals surface area contributed by atoms with Gasteiger partial charge in [0.05, 0.1) is 0 Å². The van der Waals surface area contributed by atoms with Gasteiger partial charge in [0.25, 0.3) is 5.91 Å². The molecule has 0 fully saturated rings. The summed E-state index contributed by atoms with van der Waals surface area (Å²) in [5, 5.41) is 5.34. The van der Waals surface area contributed by atoms with Gasteiger partial charge >= 0.3 is 6.09 Å². The Kier molecular flexibility index (Phi) is 5.67. The van der Waals surface area contributed by atoms with E-state index in [-0.39, 0.29) is 12.5 Å². The predicted octanol–water partition coefficient (Wildman–Crippen LogP) is 3.00. The van der Waals surface area contributed by atoms with E-state index in [1.165, 1.54) is 0 Å². The zero-order valence-corrected chi connectivity index (χ0v) is 14.1. The van der Waals surface area contributed by atoms with Crippen LogP contribution in [0, 0.1) is 0 Å². The third-order valence-corrected chi connectivity index (χ3v) is 3.67. The minimum absolute atomic E-state index is 0.192. The summed E-state index contributed by atoms with van der Waals surface area (Å²) in [6.45, 7) is 0.584. The molecule has 0 saturated carbocycles. The Morgan fingerprint density at radius 3 is 2.15 bits per heavy atom. The number of aromatic nitrogens is 1. The first-order chi connectivity index (χ1) is 12.7. The zero-order chi connectivity index (χ0) is 18.2. The van der Waals surface area contributed by atoms with E-state index in [2.05, 4.69) is 10.6 Å². The van der Waals surface area contributed by atoms with Gasteiger partial charge in [-0.15, -0.1) is 0 Å². The number of hydrogen-bond acceptors (Lipinski definition) is 3. The molecule has 0 saturated heterocycles. The molecule has 0 aliphatic heterocycles. The highest BCUT2D eigenvalue weighted by Gasteiger charge is 2.06.